The Morgan fingerprint density at radius 3 is 2.84 bits per heavy atom. The van der Waals surface area contributed by atoms with Crippen LogP contribution in [0.15, 0.2) is 40.9 Å². The zero-order valence-corrected chi connectivity index (χ0v) is 11.9. The van der Waals surface area contributed by atoms with E-state index in [4.69, 9.17) is 4.74 Å². The van der Waals surface area contributed by atoms with E-state index in [-0.39, 0.29) is 5.75 Å². The largest absolute Gasteiger partial charge is 0.505 e. The van der Waals surface area contributed by atoms with Crippen molar-refractivity contribution in [1.29, 1.82) is 0 Å². The van der Waals surface area contributed by atoms with Crippen LogP contribution in [-0.4, -0.2) is 12.2 Å². The smallest absolute Gasteiger partial charge is 0.165 e. The van der Waals surface area contributed by atoms with Crippen molar-refractivity contribution in [2.24, 2.45) is 0 Å². The minimum absolute atomic E-state index is 0.322. The number of rotatable bonds is 4. The predicted octanol–water partition coefficient (Wildman–Crippen LogP) is 3.91. The summed E-state index contributed by atoms with van der Waals surface area (Å²) in [7, 11) is 1.59. The molecular formula is C14H13BrFNO2. The minimum Gasteiger partial charge on any atom is -0.505 e. The van der Waals surface area contributed by atoms with Crippen LogP contribution in [0.4, 0.5) is 10.1 Å². The summed E-state index contributed by atoms with van der Waals surface area (Å²) in [6.45, 7) is 0.323. The number of hydrogen-bond acceptors (Lipinski definition) is 3. The summed E-state index contributed by atoms with van der Waals surface area (Å²) in [6.07, 6.45) is 0. The van der Waals surface area contributed by atoms with Gasteiger partial charge < -0.3 is 15.2 Å². The van der Waals surface area contributed by atoms with Gasteiger partial charge in [-0.25, -0.2) is 4.39 Å². The quantitative estimate of drug-likeness (QED) is 0.895. The lowest BCUT2D eigenvalue weighted by Crippen LogP contribution is -2.00. The lowest BCUT2D eigenvalue weighted by atomic mass is 10.2. The van der Waals surface area contributed by atoms with Crippen molar-refractivity contribution >= 4 is 21.6 Å². The first-order valence-electron chi connectivity index (χ1n) is 5.65. The monoisotopic (exact) mass is 325 g/mol. The van der Waals surface area contributed by atoms with Gasteiger partial charge in [-0.1, -0.05) is 28.1 Å². The normalized spacial score (nSPS) is 10.3. The second kappa shape index (κ2) is 5.93. The first kappa shape index (κ1) is 13.7. The summed E-state index contributed by atoms with van der Waals surface area (Å²) in [5.41, 5.74) is 1.31. The number of anilines is 1. The number of methoxy groups -OCH3 is 1. The molecule has 0 atom stereocenters. The summed E-state index contributed by atoms with van der Waals surface area (Å²) in [6, 6.07) is 9.99. The summed E-state index contributed by atoms with van der Waals surface area (Å²) in [5.74, 6) is -0.233. The first-order chi connectivity index (χ1) is 9.10. The third-order valence-corrected chi connectivity index (χ3v) is 3.12. The van der Waals surface area contributed by atoms with Crippen LogP contribution in [0, 0.1) is 5.82 Å². The molecule has 0 spiro atoms. The van der Waals surface area contributed by atoms with Crippen LogP contribution in [-0.2, 0) is 6.54 Å². The summed E-state index contributed by atoms with van der Waals surface area (Å²) >= 11 is 3.38. The molecule has 0 aliphatic heterocycles. The molecule has 5 heteroatoms. The molecule has 0 radical (unpaired) electrons. The van der Waals surface area contributed by atoms with E-state index in [1.54, 1.807) is 19.2 Å². The number of para-hydroxylation sites is 1. The number of benzene rings is 2. The number of aromatic hydroxyl groups is 1. The van der Waals surface area contributed by atoms with Crippen LogP contribution >= 0.6 is 15.9 Å². The van der Waals surface area contributed by atoms with Crippen LogP contribution in [0.5, 0.6) is 11.5 Å². The molecule has 0 saturated carbocycles. The average molecular weight is 326 g/mol. The molecule has 0 aromatic heterocycles. The van der Waals surface area contributed by atoms with Crippen molar-refractivity contribution in [2.75, 3.05) is 12.4 Å². The second-order valence-electron chi connectivity index (χ2n) is 3.98. The maximum absolute atomic E-state index is 13.2. The summed E-state index contributed by atoms with van der Waals surface area (Å²) in [4.78, 5) is 0. The van der Waals surface area contributed by atoms with Gasteiger partial charge in [-0.2, -0.15) is 0 Å². The number of phenolic OH excluding ortho intramolecular Hbond substituents is 1. The maximum Gasteiger partial charge on any atom is 0.165 e. The third kappa shape index (κ3) is 3.38. The Kier molecular flexibility index (Phi) is 4.27. The van der Waals surface area contributed by atoms with Gasteiger partial charge in [0.2, 0.25) is 0 Å². The molecule has 0 aliphatic carbocycles. The van der Waals surface area contributed by atoms with Gasteiger partial charge in [0.05, 0.1) is 7.11 Å². The number of halogens is 2. The Hall–Kier alpha value is -1.75. The predicted molar refractivity (Wildman–Crippen MR) is 76.1 cm³/mol. The fourth-order valence-electron chi connectivity index (χ4n) is 1.68. The molecule has 2 aromatic rings. The molecular weight excluding hydrogens is 313 g/mol. The fourth-order valence-corrected chi connectivity index (χ4v) is 2.15. The van der Waals surface area contributed by atoms with Crippen molar-refractivity contribution in [3.8, 4) is 11.5 Å². The first-order valence-corrected chi connectivity index (χ1v) is 6.44. The van der Waals surface area contributed by atoms with E-state index in [2.05, 4.69) is 21.2 Å². The lowest BCUT2D eigenvalue weighted by molar-refractivity contribution is 0.414. The average Bonchev–Trinajstić information content (AvgIpc) is 2.40. The summed E-state index contributed by atoms with van der Waals surface area (Å²) in [5, 5.41) is 12.7. The highest BCUT2D eigenvalue weighted by Crippen LogP contribution is 2.26. The molecule has 0 amide bonds. The van der Waals surface area contributed by atoms with Crippen molar-refractivity contribution < 1.29 is 14.2 Å². The highest BCUT2D eigenvalue weighted by Gasteiger charge is 2.06. The molecule has 0 aliphatic rings. The van der Waals surface area contributed by atoms with Crippen LogP contribution in [0.2, 0.25) is 0 Å². The van der Waals surface area contributed by atoms with E-state index >= 15 is 0 Å². The van der Waals surface area contributed by atoms with E-state index in [0.717, 1.165) is 10.2 Å². The fraction of sp³-hybridized carbons (Fsp3) is 0.143. The summed E-state index contributed by atoms with van der Waals surface area (Å²) < 4.78 is 19.2. The number of phenols is 1. The highest BCUT2D eigenvalue weighted by molar-refractivity contribution is 9.10. The van der Waals surface area contributed by atoms with Crippen LogP contribution < -0.4 is 10.1 Å². The molecule has 2 aromatic carbocycles. The molecule has 100 valence electrons. The topological polar surface area (TPSA) is 41.5 Å². The van der Waals surface area contributed by atoms with E-state index in [1.165, 1.54) is 6.07 Å². The highest BCUT2D eigenvalue weighted by atomic mass is 79.9. The minimum atomic E-state index is -0.619. The molecule has 0 fully saturated rings. The third-order valence-electron chi connectivity index (χ3n) is 2.66. The molecule has 0 unspecified atom stereocenters. The zero-order chi connectivity index (χ0) is 13.8. The zero-order valence-electron chi connectivity index (χ0n) is 10.3. The Balaban J connectivity index is 2.14. The molecule has 2 N–H and O–H groups in total. The molecule has 0 heterocycles. The van der Waals surface area contributed by atoms with E-state index in [0.29, 0.717) is 17.9 Å². The van der Waals surface area contributed by atoms with E-state index in [1.807, 2.05) is 18.2 Å². The van der Waals surface area contributed by atoms with Gasteiger partial charge in [0, 0.05) is 28.3 Å². The number of nitrogens with one attached hydrogen (secondary N) is 1. The number of ether oxygens (including phenoxy) is 1. The Morgan fingerprint density at radius 2 is 2.11 bits per heavy atom. The van der Waals surface area contributed by atoms with Crippen LogP contribution in [0.1, 0.15) is 5.56 Å². The van der Waals surface area contributed by atoms with Crippen LogP contribution in [0.25, 0.3) is 0 Å². The van der Waals surface area contributed by atoms with Gasteiger partial charge in [0.15, 0.2) is 11.6 Å². The molecule has 0 saturated heterocycles. The Bertz CT molecular complexity index is 590. The van der Waals surface area contributed by atoms with Crippen molar-refractivity contribution in [3.05, 3.63) is 52.3 Å². The molecule has 2 rings (SSSR count). The standard InChI is InChI=1S/C14H13BrFNO2/c1-19-12-6-10(15)5-11(7-12)17-8-9-3-2-4-13(16)14(9)18/h2-7,17-18H,8H2,1H3. The van der Waals surface area contributed by atoms with E-state index in [9.17, 15) is 9.50 Å². The molecule has 0 bridgehead atoms. The SMILES string of the molecule is COc1cc(Br)cc(NCc2cccc(F)c2O)c1. The van der Waals surface area contributed by atoms with Crippen molar-refractivity contribution in [2.45, 2.75) is 6.54 Å². The van der Waals surface area contributed by atoms with Crippen molar-refractivity contribution in [3.63, 3.8) is 0 Å². The van der Waals surface area contributed by atoms with Crippen molar-refractivity contribution in [1.82, 2.24) is 0 Å². The van der Waals surface area contributed by atoms with Gasteiger partial charge in [0.1, 0.15) is 5.75 Å². The Labute approximate surface area is 119 Å². The molecule has 19 heavy (non-hydrogen) atoms. The number of hydrogen-bond donors (Lipinski definition) is 2. The Morgan fingerprint density at radius 1 is 1.32 bits per heavy atom. The van der Waals surface area contributed by atoms with Gasteiger partial charge in [-0.15, -0.1) is 0 Å². The van der Waals surface area contributed by atoms with Gasteiger partial charge in [0.25, 0.3) is 0 Å². The van der Waals surface area contributed by atoms with Gasteiger partial charge >= 0.3 is 0 Å². The molecule has 3 nitrogen and oxygen atoms in total. The van der Waals surface area contributed by atoms with Crippen LogP contribution in [0.3, 0.4) is 0 Å². The van der Waals surface area contributed by atoms with Gasteiger partial charge in [-0.3, -0.25) is 0 Å². The van der Waals surface area contributed by atoms with Gasteiger partial charge in [-0.05, 0) is 18.2 Å². The maximum atomic E-state index is 13.2. The van der Waals surface area contributed by atoms with E-state index < -0.39 is 5.82 Å². The lowest BCUT2D eigenvalue weighted by Gasteiger charge is -2.10. The second-order valence-corrected chi connectivity index (χ2v) is 4.90.